The Balaban J connectivity index is 1.77. The number of urea groups is 1. The highest BCUT2D eigenvalue weighted by atomic mass is 32.1. The maximum Gasteiger partial charge on any atom is 0.318 e. The molecule has 5 nitrogen and oxygen atoms in total. The first-order chi connectivity index (χ1) is 12.5. The first-order valence-electron chi connectivity index (χ1n) is 8.87. The predicted octanol–water partition coefficient (Wildman–Crippen LogP) is 4.08. The van der Waals surface area contributed by atoms with E-state index in [2.05, 4.69) is 43.4 Å². The van der Waals surface area contributed by atoms with E-state index in [1.165, 1.54) is 5.56 Å². The van der Waals surface area contributed by atoms with Crippen LogP contribution in [0.25, 0.3) is 0 Å². The maximum atomic E-state index is 12.7. The molecule has 2 heterocycles. The van der Waals surface area contributed by atoms with Gasteiger partial charge in [-0.3, -0.25) is 4.79 Å². The normalized spacial score (nSPS) is 18.1. The number of likely N-dealkylation sites (tertiary alicyclic amines) is 1. The van der Waals surface area contributed by atoms with Crippen molar-refractivity contribution in [2.75, 3.05) is 13.1 Å². The number of rotatable bonds is 5. The topological polar surface area (TPSA) is 69.6 Å². The van der Waals surface area contributed by atoms with Gasteiger partial charge in [-0.2, -0.15) is 0 Å². The molecule has 0 spiro atoms. The Hall–Kier alpha value is -2.34. The zero-order chi connectivity index (χ0) is 18.7. The number of hydrogen-bond donors (Lipinski definition) is 2. The molecule has 1 aliphatic heterocycles. The largest absolute Gasteiger partial charge is 0.481 e. The second kappa shape index (κ2) is 7.91. The highest BCUT2D eigenvalue weighted by Gasteiger charge is 2.32. The fourth-order valence-electron chi connectivity index (χ4n) is 3.21. The van der Waals surface area contributed by atoms with Crippen LogP contribution in [0.4, 0.5) is 4.79 Å². The summed E-state index contributed by atoms with van der Waals surface area (Å²) in [5, 5.41) is 14.2. The SMILES string of the molecule is CC(C)c1ccc(C(NC(=O)N2CCC(C(=O)O)C2)c2cccs2)cc1. The number of carboxylic acids is 1. The lowest BCUT2D eigenvalue weighted by Gasteiger charge is -2.23. The van der Waals surface area contributed by atoms with Gasteiger partial charge in [0.1, 0.15) is 0 Å². The van der Waals surface area contributed by atoms with Crippen LogP contribution in [-0.2, 0) is 4.79 Å². The van der Waals surface area contributed by atoms with E-state index in [0.717, 1.165) is 10.4 Å². The van der Waals surface area contributed by atoms with Crippen molar-refractivity contribution in [3.63, 3.8) is 0 Å². The minimum Gasteiger partial charge on any atom is -0.481 e. The first-order valence-corrected chi connectivity index (χ1v) is 9.75. The van der Waals surface area contributed by atoms with Crippen molar-refractivity contribution in [3.8, 4) is 0 Å². The number of nitrogens with one attached hydrogen (secondary N) is 1. The van der Waals surface area contributed by atoms with Crippen molar-refractivity contribution in [3.05, 3.63) is 57.8 Å². The van der Waals surface area contributed by atoms with Crippen LogP contribution in [0.5, 0.6) is 0 Å². The Morgan fingerprint density at radius 1 is 1.19 bits per heavy atom. The molecule has 1 saturated heterocycles. The molecule has 138 valence electrons. The molecule has 1 aliphatic rings. The van der Waals surface area contributed by atoms with Crippen molar-refractivity contribution >= 4 is 23.3 Å². The number of carbonyl (C=O) groups is 2. The standard InChI is InChI=1S/C20H24N2O3S/c1-13(2)14-5-7-15(8-6-14)18(17-4-3-11-26-17)21-20(25)22-10-9-16(12-22)19(23)24/h3-8,11,13,16,18H,9-10,12H2,1-2H3,(H,21,25)(H,23,24). The lowest BCUT2D eigenvalue weighted by atomic mass is 9.98. The first kappa shape index (κ1) is 18.5. The van der Waals surface area contributed by atoms with E-state index < -0.39 is 11.9 Å². The lowest BCUT2D eigenvalue weighted by Crippen LogP contribution is -2.41. The van der Waals surface area contributed by atoms with E-state index in [4.69, 9.17) is 5.11 Å². The summed E-state index contributed by atoms with van der Waals surface area (Å²) in [7, 11) is 0. The van der Waals surface area contributed by atoms with Crippen LogP contribution in [0.3, 0.4) is 0 Å². The Kier molecular flexibility index (Phi) is 5.61. The number of carboxylic acid groups (broad SMARTS) is 1. The smallest absolute Gasteiger partial charge is 0.318 e. The fourth-order valence-corrected chi connectivity index (χ4v) is 4.01. The molecule has 0 aliphatic carbocycles. The number of nitrogens with zero attached hydrogens (tertiary/aromatic N) is 1. The number of thiophene rings is 1. The van der Waals surface area contributed by atoms with Gasteiger partial charge in [-0.05, 0) is 34.9 Å². The van der Waals surface area contributed by atoms with Gasteiger partial charge in [-0.25, -0.2) is 4.79 Å². The second-order valence-electron chi connectivity index (χ2n) is 6.99. The summed E-state index contributed by atoms with van der Waals surface area (Å²) in [6.45, 7) is 5.05. The monoisotopic (exact) mass is 372 g/mol. The van der Waals surface area contributed by atoms with E-state index in [-0.39, 0.29) is 18.6 Å². The third kappa shape index (κ3) is 4.07. The summed E-state index contributed by atoms with van der Waals surface area (Å²) < 4.78 is 0. The Morgan fingerprint density at radius 2 is 1.88 bits per heavy atom. The molecule has 1 aromatic carbocycles. The molecule has 0 radical (unpaired) electrons. The number of benzene rings is 1. The molecule has 1 fully saturated rings. The molecule has 2 aromatic rings. The van der Waals surface area contributed by atoms with Gasteiger partial charge in [0.15, 0.2) is 0 Å². The summed E-state index contributed by atoms with van der Waals surface area (Å²) in [5.41, 5.74) is 2.29. The van der Waals surface area contributed by atoms with Crippen LogP contribution >= 0.6 is 11.3 Å². The highest BCUT2D eigenvalue weighted by Crippen LogP contribution is 2.28. The van der Waals surface area contributed by atoms with Gasteiger partial charge in [0.05, 0.1) is 12.0 Å². The number of amides is 2. The van der Waals surface area contributed by atoms with Crippen molar-refractivity contribution in [2.45, 2.75) is 32.2 Å². The predicted molar refractivity (Wildman–Crippen MR) is 103 cm³/mol. The fraction of sp³-hybridized carbons (Fsp3) is 0.400. The quantitative estimate of drug-likeness (QED) is 0.831. The second-order valence-corrected chi connectivity index (χ2v) is 7.97. The molecule has 2 atom stereocenters. The molecule has 2 N–H and O–H groups in total. The Morgan fingerprint density at radius 3 is 2.42 bits per heavy atom. The molecular weight excluding hydrogens is 348 g/mol. The van der Waals surface area contributed by atoms with Crippen molar-refractivity contribution in [2.24, 2.45) is 5.92 Å². The summed E-state index contributed by atoms with van der Waals surface area (Å²) in [6, 6.07) is 11.9. The summed E-state index contributed by atoms with van der Waals surface area (Å²) in [6.07, 6.45) is 0.509. The van der Waals surface area contributed by atoms with Crippen molar-refractivity contribution in [1.82, 2.24) is 10.2 Å². The van der Waals surface area contributed by atoms with E-state index in [0.29, 0.717) is 18.9 Å². The molecular formula is C20H24N2O3S. The zero-order valence-corrected chi connectivity index (χ0v) is 15.8. The highest BCUT2D eigenvalue weighted by molar-refractivity contribution is 7.10. The average Bonchev–Trinajstić information content (AvgIpc) is 3.31. The van der Waals surface area contributed by atoms with Gasteiger partial charge >= 0.3 is 12.0 Å². The summed E-state index contributed by atoms with van der Waals surface area (Å²) in [5.74, 6) is -0.845. The molecule has 0 saturated carbocycles. The molecule has 26 heavy (non-hydrogen) atoms. The number of aliphatic carboxylic acids is 1. The van der Waals surface area contributed by atoms with E-state index in [1.54, 1.807) is 16.2 Å². The lowest BCUT2D eigenvalue weighted by molar-refractivity contribution is -0.141. The van der Waals surface area contributed by atoms with Crippen molar-refractivity contribution < 1.29 is 14.7 Å². The van der Waals surface area contributed by atoms with Crippen LogP contribution < -0.4 is 5.32 Å². The Bertz CT molecular complexity index is 756. The van der Waals surface area contributed by atoms with Crippen LogP contribution in [0.1, 0.15) is 48.2 Å². The molecule has 0 bridgehead atoms. The van der Waals surface area contributed by atoms with Crippen LogP contribution in [-0.4, -0.2) is 35.1 Å². The summed E-state index contributed by atoms with van der Waals surface area (Å²) >= 11 is 1.60. The molecule has 2 unspecified atom stereocenters. The van der Waals surface area contributed by atoms with Gasteiger partial charge in [0.2, 0.25) is 0 Å². The van der Waals surface area contributed by atoms with Crippen LogP contribution in [0.2, 0.25) is 0 Å². The van der Waals surface area contributed by atoms with E-state index >= 15 is 0 Å². The minimum absolute atomic E-state index is 0.208. The van der Waals surface area contributed by atoms with Gasteiger partial charge < -0.3 is 15.3 Å². The van der Waals surface area contributed by atoms with Gasteiger partial charge in [0.25, 0.3) is 0 Å². The molecule has 1 aromatic heterocycles. The maximum absolute atomic E-state index is 12.7. The molecule has 2 amide bonds. The van der Waals surface area contributed by atoms with Crippen LogP contribution in [0.15, 0.2) is 41.8 Å². The third-order valence-electron chi connectivity index (χ3n) is 4.86. The number of carbonyl (C=O) groups excluding carboxylic acids is 1. The molecule has 6 heteroatoms. The zero-order valence-electron chi connectivity index (χ0n) is 15.0. The summed E-state index contributed by atoms with van der Waals surface area (Å²) in [4.78, 5) is 26.5. The Labute approximate surface area is 157 Å². The van der Waals surface area contributed by atoms with E-state index in [9.17, 15) is 9.59 Å². The number of hydrogen-bond acceptors (Lipinski definition) is 3. The van der Waals surface area contributed by atoms with Gasteiger partial charge in [0, 0.05) is 18.0 Å². The minimum atomic E-state index is -0.834. The van der Waals surface area contributed by atoms with Crippen molar-refractivity contribution in [1.29, 1.82) is 0 Å². The van der Waals surface area contributed by atoms with Gasteiger partial charge in [-0.1, -0.05) is 44.2 Å². The van der Waals surface area contributed by atoms with Gasteiger partial charge in [-0.15, -0.1) is 11.3 Å². The average molecular weight is 372 g/mol. The van der Waals surface area contributed by atoms with Crippen LogP contribution in [0, 0.1) is 5.92 Å². The molecule has 3 rings (SSSR count). The van der Waals surface area contributed by atoms with E-state index in [1.807, 2.05) is 17.5 Å². The third-order valence-corrected chi connectivity index (χ3v) is 5.79.